The van der Waals surface area contributed by atoms with E-state index in [2.05, 4.69) is 10.3 Å². The molecule has 1 heterocycles. The molecule has 1 aromatic heterocycles. The van der Waals surface area contributed by atoms with Gasteiger partial charge in [-0.15, -0.1) is 0 Å². The molecule has 0 aliphatic heterocycles. The number of quaternary nitrogens is 1. The van der Waals surface area contributed by atoms with Crippen molar-refractivity contribution in [1.82, 2.24) is 10.3 Å². The fourth-order valence-electron chi connectivity index (χ4n) is 3.02. The molecule has 9 heteroatoms. The first-order chi connectivity index (χ1) is 13.9. The Hall–Kier alpha value is -2.91. The van der Waals surface area contributed by atoms with E-state index in [4.69, 9.17) is 21.5 Å². The van der Waals surface area contributed by atoms with Crippen molar-refractivity contribution in [3.63, 3.8) is 0 Å². The predicted molar refractivity (Wildman–Crippen MR) is 107 cm³/mol. The molecule has 8 nitrogen and oxygen atoms in total. The van der Waals surface area contributed by atoms with Gasteiger partial charge in [0.2, 0.25) is 0 Å². The second-order valence-electron chi connectivity index (χ2n) is 6.34. The van der Waals surface area contributed by atoms with Crippen molar-refractivity contribution in [3.05, 3.63) is 70.0 Å². The molecule has 2 aromatic carbocycles. The second kappa shape index (κ2) is 9.06. The number of ether oxygens (including phenoxy) is 1. The Bertz CT molecular complexity index is 1030. The Morgan fingerprint density at radius 2 is 2.07 bits per heavy atom. The van der Waals surface area contributed by atoms with Crippen LogP contribution in [0.3, 0.4) is 0 Å². The van der Waals surface area contributed by atoms with Gasteiger partial charge in [0.25, 0.3) is 5.91 Å². The van der Waals surface area contributed by atoms with Gasteiger partial charge in [0.15, 0.2) is 5.69 Å². The van der Waals surface area contributed by atoms with Crippen molar-refractivity contribution < 1.29 is 24.8 Å². The average Bonchev–Trinajstić information content (AvgIpc) is 3.10. The summed E-state index contributed by atoms with van der Waals surface area (Å²) < 4.78 is 5.11. The van der Waals surface area contributed by atoms with E-state index in [1.165, 1.54) is 18.2 Å². The molecule has 0 spiro atoms. The van der Waals surface area contributed by atoms with E-state index in [0.29, 0.717) is 0 Å². The first-order valence-electron chi connectivity index (χ1n) is 8.96. The maximum absolute atomic E-state index is 12.7. The number of hydrogen-bond acceptors (Lipinski definition) is 5. The molecule has 3 rings (SSSR count). The molecule has 0 aliphatic rings. The average molecular weight is 418 g/mol. The highest BCUT2D eigenvalue weighted by Crippen LogP contribution is 2.21. The number of halogens is 1. The van der Waals surface area contributed by atoms with E-state index < -0.39 is 23.1 Å². The number of hydrogen-bond donors (Lipinski definition) is 4. The van der Waals surface area contributed by atoms with Gasteiger partial charge in [-0.1, -0.05) is 29.8 Å². The zero-order valence-electron chi connectivity index (χ0n) is 15.6. The van der Waals surface area contributed by atoms with Crippen molar-refractivity contribution >= 4 is 40.1 Å². The quantitative estimate of drug-likeness (QED) is 0.347. The van der Waals surface area contributed by atoms with Crippen LogP contribution in [0.2, 0.25) is 5.02 Å². The largest absolute Gasteiger partial charge is 0.595 e. The SMILES string of the molecule is CCOC(=O)[C@@H](Cc1c[nH]c2ccccc12)NC(=O)c1ccc([NH+]([O-])O)cc1Cl. The summed E-state index contributed by atoms with van der Waals surface area (Å²) in [6.45, 7) is 1.86. The molecular weight excluding hydrogens is 398 g/mol. The molecule has 152 valence electrons. The first-order valence-corrected chi connectivity index (χ1v) is 9.33. The zero-order valence-corrected chi connectivity index (χ0v) is 16.3. The molecule has 0 aliphatic carbocycles. The number of carbonyl (C=O) groups is 2. The monoisotopic (exact) mass is 417 g/mol. The van der Waals surface area contributed by atoms with E-state index in [0.717, 1.165) is 16.5 Å². The number of amides is 1. The molecule has 2 atom stereocenters. The highest BCUT2D eigenvalue weighted by molar-refractivity contribution is 6.34. The van der Waals surface area contributed by atoms with Crippen molar-refractivity contribution in [1.29, 1.82) is 0 Å². The third kappa shape index (κ3) is 4.75. The summed E-state index contributed by atoms with van der Waals surface area (Å²) in [4.78, 5) is 28.3. The van der Waals surface area contributed by atoms with Crippen LogP contribution >= 0.6 is 11.6 Å². The van der Waals surface area contributed by atoms with Gasteiger partial charge in [0, 0.05) is 35.7 Å². The summed E-state index contributed by atoms with van der Waals surface area (Å²) in [6.07, 6.45) is 2.01. The number of esters is 1. The van der Waals surface area contributed by atoms with Gasteiger partial charge in [0.1, 0.15) is 6.04 Å². The van der Waals surface area contributed by atoms with Crippen molar-refractivity contribution in [3.8, 4) is 0 Å². The minimum Gasteiger partial charge on any atom is -0.595 e. The molecule has 1 unspecified atom stereocenters. The van der Waals surface area contributed by atoms with Crippen LogP contribution in [-0.4, -0.2) is 34.7 Å². The number of benzene rings is 2. The van der Waals surface area contributed by atoms with Gasteiger partial charge < -0.3 is 20.2 Å². The van der Waals surface area contributed by atoms with Crippen LogP contribution in [0, 0.1) is 5.21 Å². The van der Waals surface area contributed by atoms with Gasteiger partial charge in [-0.2, -0.15) is 5.23 Å². The van der Waals surface area contributed by atoms with Gasteiger partial charge in [-0.3, -0.25) is 4.79 Å². The Kier molecular flexibility index (Phi) is 6.50. The summed E-state index contributed by atoms with van der Waals surface area (Å²) in [5, 5.41) is 22.5. The van der Waals surface area contributed by atoms with Crippen molar-refractivity contribution in [2.24, 2.45) is 0 Å². The number of nitrogens with one attached hydrogen (secondary N) is 3. The minimum absolute atomic E-state index is 0.0166. The van der Waals surface area contributed by atoms with Crippen LogP contribution in [0.1, 0.15) is 22.8 Å². The Morgan fingerprint density at radius 1 is 1.31 bits per heavy atom. The van der Waals surface area contributed by atoms with E-state index in [1.54, 1.807) is 13.1 Å². The molecule has 29 heavy (non-hydrogen) atoms. The molecule has 0 radical (unpaired) electrons. The summed E-state index contributed by atoms with van der Waals surface area (Å²) >= 11 is 6.07. The van der Waals surface area contributed by atoms with E-state index in [1.807, 2.05) is 24.3 Å². The minimum atomic E-state index is -1.15. The number of H-pyrrole nitrogens is 1. The van der Waals surface area contributed by atoms with Crippen LogP contribution in [0.25, 0.3) is 10.9 Å². The fourth-order valence-corrected chi connectivity index (χ4v) is 3.29. The molecule has 0 bridgehead atoms. The summed E-state index contributed by atoms with van der Waals surface area (Å²) in [7, 11) is 0. The summed E-state index contributed by atoms with van der Waals surface area (Å²) in [6, 6.07) is 10.5. The topological polar surface area (TPSA) is 119 Å². The third-order valence-electron chi connectivity index (χ3n) is 4.44. The number of rotatable bonds is 7. The van der Waals surface area contributed by atoms with Gasteiger partial charge in [0.05, 0.1) is 17.2 Å². The molecule has 0 saturated carbocycles. The van der Waals surface area contributed by atoms with E-state index >= 15 is 0 Å². The summed E-state index contributed by atoms with van der Waals surface area (Å²) in [5.74, 6) is -1.16. The Balaban J connectivity index is 1.84. The molecule has 1 amide bonds. The molecule has 0 saturated heterocycles. The maximum Gasteiger partial charge on any atom is 0.328 e. The van der Waals surface area contributed by atoms with Crippen molar-refractivity contribution in [2.75, 3.05) is 6.61 Å². The lowest BCUT2D eigenvalue weighted by Gasteiger charge is -2.18. The summed E-state index contributed by atoms with van der Waals surface area (Å²) in [5.41, 5.74) is 1.81. The fraction of sp³-hybridized carbons (Fsp3) is 0.200. The maximum atomic E-state index is 12.7. The number of aromatic amines is 1. The lowest BCUT2D eigenvalue weighted by molar-refractivity contribution is -0.991. The standard InChI is InChI=1S/C20H20ClN3O5/c1-2-29-20(26)18(9-12-11-22-17-6-4-3-5-14(12)17)23-19(25)15-8-7-13(24(27)28)10-16(15)21/h3-8,10-11,18,22,24,27H,2,9H2,1H3,(H,23,25)/t18-/m1/s1. The van der Waals surface area contributed by atoms with Gasteiger partial charge in [-0.05, 0) is 24.6 Å². The van der Waals surface area contributed by atoms with Crippen molar-refractivity contribution in [2.45, 2.75) is 19.4 Å². The molecule has 4 N–H and O–H groups in total. The zero-order chi connectivity index (χ0) is 21.0. The predicted octanol–water partition coefficient (Wildman–Crippen LogP) is 2.13. The highest BCUT2D eigenvalue weighted by atomic mass is 35.5. The second-order valence-corrected chi connectivity index (χ2v) is 6.75. The molecule has 3 aromatic rings. The number of para-hydroxylation sites is 1. The number of carbonyl (C=O) groups excluding carboxylic acids is 2. The van der Waals surface area contributed by atoms with E-state index in [9.17, 15) is 14.8 Å². The highest BCUT2D eigenvalue weighted by Gasteiger charge is 2.25. The van der Waals surface area contributed by atoms with E-state index in [-0.39, 0.29) is 29.3 Å². The lowest BCUT2D eigenvalue weighted by atomic mass is 10.0. The number of fused-ring (bicyclic) bond motifs is 1. The van der Waals surface area contributed by atoms with Crippen LogP contribution in [0.15, 0.2) is 48.7 Å². The molecular formula is C20H20ClN3O5. The first kappa shape index (κ1) is 20.8. The van der Waals surface area contributed by atoms with Crippen LogP contribution in [0.4, 0.5) is 5.69 Å². The van der Waals surface area contributed by atoms with Gasteiger partial charge >= 0.3 is 5.97 Å². The normalized spacial score (nSPS) is 13.1. The Labute approximate surface area is 171 Å². The molecule has 0 fully saturated rings. The van der Waals surface area contributed by atoms with Gasteiger partial charge in [-0.25, -0.2) is 10.0 Å². The lowest BCUT2D eigenvalue weighted by Crippen LogP contribution is -2.99. The third-order valence-corrected chi connectivity index (χ3v) is 4.75. The van der Waals surface area contributed by atoms with Crippen LogP contribution in [0.5, 0.6) is 0 Å². The Morgan fingerprint density at radius 3 is 2.76 bits per heavy atom. The van der Waals surface area contributed by atoms with Crippen LogP contribution < -0.4 is 10.5 Å². The number of aromatic nitrogens is 1. The van der Waals surface area contributed by atoms with Crippen LogP contribution in [-0.2, 0) is 16.0 Å². The smallest absolute Gasteiger partial charge is 0.328 e.